The molecule has 2 unspecified atom stereocenters. The highest BCUT2D eigenvalue weighted by Crippen LogP contribution is 2.21. The summed E-state index contributed by atoms with van der Waals surface area (Å²) < 4.78 is 5.12. The molecule has 0 bridgehead atoms. The smallest absolute Gasteiger partial charge is 0.367 e. The number of aliphatic imine (C=N–C) groups is 1. The van der Waals surface area contributed by atoms with Crippen LogP contribution in [0, 0.1) is 0 Å². The molecule has 1 rings (SSSR count). The SMILES string of the molecule is C=C(C)C(C(=O)O)[N+]1(CCOCC(=O)O)C=NCC1. The highest BCUT2D eigenvalue weighted by atomic mass is 16.5. The molecular weight excluding hydrogens is 252 g/mol. The first-order chi connectivity index (χ1) is 8.89. The van der Waals surface area contributed by atoms with Crippen LogP contribution in [-0.2, 0) is 14.3 Å². The van der Waals surface area contributed by atoms with Gasteiger partial charge in [-0.25, -0.2) is 14.6 Å². The van der Waals surface area contributed by atoms with E-state index in [1.165, 1.54) is 0 Å². The van der Waals surface area contributed by atoms with E-state index < -0.39 is 18.0 Å². The van der Waals surface area contributed by atoms with Crippen LogP contribution in [0.2, 0.25) is 0 Å². The molecule has 2 N–H and O–H groups in total. The van der Waals surface area contributed by atoms with Crippen LogP contribution in [0.3, 0.4) is 0 Å². The van der Waals surface area contributed by atoms with Crippen molar-refractivity contribution in [1.82, 2.24) is 0 Å². The minimum Gasteiger partial charge on any atom is -0.480 e. The fourth-order valence-corrected chi connectivity index (χ4v) is 2.28. The van der Waals surface area contributed by atoms with Gasteiger partial charge in [0.05, 0.1) is 13.2 Å². The summed E-state index contributed by atoms with van der Waals surface area (Å²) in [4.78, 5) is 25.9. The minimum atomic E-state index is -1.05. The maximum atomic E-state index is 11.4. The van der Waals surface area contributed by atoms with Crippen molar-refractivity contribution in [3.8, 4) is 0 Å². The number of hydrogen-bond donors (Lipinski definition) is 2. The van der Waals surface area contributed by atoms with E-state index in [1.807, 2.05) is 0 Å². The van der Waals surface area contributed by atoms with Crippen molar-refractivity contribution in [1.29, 1.82) is 0 Å². The van der Waals surface area contributed by atoms with Crippen molar-refractivity contribution in [2.24, 2.45) is 4.99 Å². The molecule has 1 aliphatic heterocycles. The van der Waals surface area contributed by atoms with Gasteiger partial charge >= 0.3 is 11.9 Å². The van der Waals surface area contributed by atoms with Gasteiger partial charge in [-0.3, -0.25) is 4.48 Å². The molecule has 1 aliphatic rings. The van der Waals surface area contributed by atoms with E-state index in [-0.39, 0.29) is 17.7 Å². The van der Waals surface area contributed by atoms with Gasteiger partial charge in [0, 0.05) is 0 Å². The molecule has 19 heavy (non-hydrogen) atoms. The minimum absolute atomic E-state index is 0.129. The normalized spacial score (nSPS) is 23.2. The summed E-state index contributed by atoms with van der Waals surface area (Å²) in [7, 11) is 0. The molecule has 0 aromatic rings. The number of nitrogens with zero attached hydrogens (tertiary/aromatic N) is 2. The Morgan fingerprint density at radius 3 is 2.63 bits per heavy atom. The molecule has 2 atom stereocenters. The van der Waals surface area contributed by atoms with Gasteiger partial charge in [0.25, 0.3) is 0 Å². The van der Waals surface area contributed by atoms with Gasteiger partial charge < -0.3 is 14.9 Å². The monoisotopic (exact) mass is 271 g/mol. The third-order valence-corrected chi connectivity index (χ3v) is 3.05. The second-order valence-corrected chi connectivity index (χ2v) is 4.61. The highest BCUT2D eigenvalue weighted by molar-refractivity contribution is 5.77. The van der Waals surface area contributed by atoms with E-state index in [1.54, 1.807) is 13.3 Å². The lowest BCUT2D eigenvalue weighted by molar-refractivity contribution is -0.841. The van der Waals surface area contributed by atoms with Gasteiger partial charge in [-0.2, -0.15) is 0 Å². The van der Waals surface area contributed by atoms with E-state index in [0.29, 0.717) is 25.2 Å². The molecule has 0 aliphatic carbocycles. The lowest BCUT2D eigenvalue weighted by Crippen LogP contribution is -2.58. The number of carboxylic acid groups (broad SMARTS) is 2. The third kappa shape index (κ3) is 3.87. The topological polar surface area (TPSA) is 96.2 Å². The zero-order valence-corrected chi connectivity index (χ0v) is 10.9. The lowest BCUT2D eigenvalue weighted by Gasteiger charge is -2.35. The fraction of sp³-hybridized carbons (Fsp3) is 0.583. The number of aliphatic carboxylic acids is 2. The Kier molecular flexibility index (Phi) is 5.20. The van der Waals surface area contributed by atoms with Crippen LogP contribution in [0.5, 0.6) is 0 Å². The first kappa shape index (κ1) is 15.3. The van der Waals surface area contributed by atoms with Crippen molar-refractivity contribution in [2.75, 3.05) is 32.8 Å². The maximum Gasteiger partial charge on any atom is 0.367 e. The van der Waals surface area contributed by atoms with E-state index in [9.17, 15) is 14.7 Å². The fourth-order valence-electron chi connectivity index (χ4n) is 2.28. The number of ether oxygens (including phenoxy) is 1. The molecule has 1 heterocycles. The summed E-state index contributed by atoms with van der Waals surface area (Å²) in [6.07, 6.45) is 1.61. The Balaban J connectivity index is 2.74. The molecule has 106 valence electrons. The Bertz CT molecular complexity index is 393. The second kappa shape index (κ2) is 6.44. The lowest BCUT2D eigenvalue weighted by atomic mass is 10.1. The predicted octanol–water partition coefficient (Wildman–Crippen LogP) is -0.0244. The molecule has 0 fully saturated rings. The van der Waals surface area contributed by atoms with Crippen LogP contribution in [-0.4, -0.2) is 71.9 Å². The van der Waals surface area contributed by atoms with Crippen LogP contribution in [0.1, 0.15) is 6.92 Å². The van der Waals surface area contributed by atoms with Crippen LogP contribution >= 0.6 is 0 Å². The van der Waals surface area contributed by atoms with Crippen LogP contribution in [0.15, 0.2) is 17.1 Å². The van der Waals surface area contributed by atoms with Crippen molar-refractivity contribution in [3.63, 3.8) is 0 Å². The predicted molar refractivity (Wildman–Crippen MR) is 68.0 cm³/mol. The van der Waals surface area contributed by atoms with Gasteiger partial charge in [0.15, 0.2) is 6.34 Å². The maximum absolute atomic E-state index is 11.4. The molecule has 0 radical (unpaired) electrons. The van der Waals surface area contributed by atoms with E-state index >= 15 is 0 Å². The second-order valence-electron chi connectivity index (χ2n) is 4.61. The number of carbonyl (C=O) groups is 2. The average Bonchev–Trinajstić information content (AvgIpc) is 2.72. The molecular formula is C12H19N2O5+. The molecule has 0 amide bonds. The zero-order valence-electron chi connectivity index (χ0n) is 10.9. The van der Waals surface area contributed by atoms with Gasteiger partial charge in [-0.1, -0.05) is 6.58 Å². The van der Waals surface area contributed by atoms with Crippen molar-refractivity contribution in [2.45, 2.75) is 13.0 Å². The summed E-state index contributed by atoms with van der Waals surface area (Å²) in [5, 5.41) is 17.8. The summed E-state index contributed by atoms with van der Waals surface area (Å²) >= 11 is 0. The Labute approximate surface area is 111 Å². The average molecular weight is 271 g/mol. The molecule has 0 aromatic heterocycles. The Hall–Kier alpha value is -1.73. The number of carboxylic acids is 2. The quantitative estimate of drug-likeness (QED) is 0.367. The van der Waals surface area contributed by atoms with Crippen LogP contribution < -0.4 is 0 Å². The molecule has 0 saturated carbocycles. The summed E-state index contributed by atoms with van der Waals surface area (Å²) in [6, 6.07) is -0.778. The van der Waals surface area contributed by atoms with Gasteiger partial charge in [0.1, 0.15) is 19.7 Å². The number of hydrogen-bond acceptors (Lipinski definition) is 4. The molecule has 0 saturated heterocycles. The van der Waals surface area contributed by atoms with Gasteiger partial charge in [0.2, 0.25) is 6.04 Å². The summed E-state index contributed by atoms with van der Waals surface area (Å²) in [5.74, 6) is -2.00. The highest BCUT2D eigenvalue weighted by Gasteiger charge is 2.43. The Morgan fingerprint density at radius 1 is 1.53 bits per heavy atom. The Morgan fingerprint density at radius 2 is 2.21 bits per heavy atom. The zero-order chi connectivity index (χ0) is 14.5. The van der Waals surface area contributed by atoms with Gasteiger partial charge in [-0.15, -0.1) is 0 Å². The third-order valence-electron chi connectivity index (χ3n) is 3.05. The molecule has 0 spiro atoms. The molecule has 7 nitrogen and oxygen atoms in total. The van der Waals surface area contributed by atoms with Crippen LogP contribution in [0.25, 0.3) is 0 Å². The molecule has 7 heteroatoms. The van der Waals surface area contributed by atoms with E-state index in [2.05, 4.69) is 11.6 Å². The first-order valence-corrected chi connectivity index (χ1v) is 5.94. The largest absolute Gasteiger partial charge is 0.480 e. The van der Waals surface area contributed by atoms with Gasteiger partial charge in [-0.05, 0) is 12.5 Å². The van der Waals surface area contributed by atoms with E-state index in [0.717, 1.165) is 0 Å². The van der Waals surface area contributed by atoms with E-state index in [4.69, 9.17) is 9.84 Å². The first-order valence-electron chi connectivity index (χ1n) is 5.94. The van der Waals surface area contributed by atoms with Crippen molar-refractivity contribution in [3.05, 3.63) is 12.2 Å². The summed E-state index contributed by atoms with van der Waals surface area (Å²) in [6.45, 7) is 6.64. The number of quaternary nitrogens is 1. The summed E-state index contributed by atoms with van der Waals surface area (Å²) in [5.41, 5.74) is 0.541. The standard InChI is InChI=1S/C12H18N2O5/c1-9(2)11(12(17)18)14(4-3-13-8-14)5-6-19-7-10(15)16/h8,11H,1,3-7H2,2H3,(H-,15,16,17,18)/p+1. The van der Waals surface area contributed by atoms with Crippen LogP contribution in [0.4, 0.5) is 0 Å². The molecule has 0 aromatic carbocycles. The van der Waals surface area contributed by atoms with Crippen molar-refractivity contribution >= 4 is 18.3 Å². The van der Waals surface area contributed by atoms with Crippen molar-refractivity contribution < 1.29 is 29.0 Å². The number of rotatable bonds is 8.